The summed E-state index contributed by atoms with van der Waals surface area (Å²) in [5, 5.41) is 25.7. The molecular weight excluding hydrogens is 392 g/mol. The first-order valence-corrected chi connectivity index (χ1v) is 11.4. The standard InChI is InChI=1S/C19H24N6OS2/c1-19(2,3)11-4-7-13-14(9-20)17(28-15(13)8-11)21-16(26)10-27-18-22-23-24-25(18)12-5-6-12/h11-12H,4-8,10H2,1-3H3,(H,21,26)/t11-/m0/s1. The van der Waals surface area contributed by atoms with Gasteiger partial charge >= 0.3 is 0 Å². The minimum atomic E-state index is -0.127. The number of nitrogens with zero attached hydrogens (tertiary/aromatic N) is 5. The number of hydrogen-bond donors (Lipinski definition) is 1. The van der Waals surface area contributed by atoms with E-state index in [2.05, 4.69) is 47.7 Å². The zero-order valence-corrected chi connectivity index (χ0v) is 18.0. The Morgan fingerprint density at radius 2 is 2.18 bits per heavy atom. The van der Waals surface area contributed by atoms with E-state index in [1.807, 2.05) is 0 Å². The normalized spacial score (nSPS) is 19.1. The minimum Gasteiger partial charge on any atom is -0.316 e. The fourth-order valence-electron chi connectivity index (χ4n) is 3.65. The molecule has 1 fully saturated rings. The van der Waals surface area contributed by atoms with Gasteiger partial charge in [-0.25, -0.2) is 4.68 Å². The van der Waals surface area contributed by atoms with Crippen molar-refractivity contribution >= 4 is 34.0 Å². The third-order valence-electron chi connectivity index (χ3n) is 5.54. The van der Waals surface area contributed by atoms with Crippen LogP contribution < -0.4 is 5.32 Å². The third kappa shape index (κ3) is 3.94. The number of amides is 1. The lowest BCUT2D eigenvalue weighted by molar-refractivity contribution is -0.113. The summed E-state index contributed by atoms with van der Waals surface area (Å²) >= 11 is 2.90. The topological polar surface area (TPSA) is 96.5 Å². The van der Waals surface area contributed by atoms with E-state index < -0.39 is 0 Å². The maximum absolute atomic E-state index is 12.5. The summed E-state index contributed by atoms with van der Waals surface area (Å²) < 4.78 is 1.80. The summed E-state index contributed by atoms with van der Waals surface area (Å²) in [6, 6.07) is 2.70. The Hall–Kier alpha value is -1.92. The maximum atomic E-state index is 12.5. The number of carbonyl (C=O) groups excluding carboxylic acids is 1. The maximum Gasteiger partial charge on any atom is 0.235 e. The van der Waals surface area contributed by atoms with Gasteiger partial charge in [-0.05, 0) is 59.4 Å². The molecule has 2 aromatic rings. The van der Waals surface area contributed by atoms with E-state index in [0.717, 1.165) is 37.7 Å². The second-order valence-electron chi connectivity index (χ2n) is 8.60. The zero-order chi connectivity index (χ0) is 19.9. The SMILES string of the molecule is CC(C)(C)[C@H]1CCc2c(sc(NC(=O)CSc3nnnn3C3CC3)c2C#N)C1. The van der Waals surface area contributed by atoms with Gasteiger partial charge in [0.1, 0.15) is 11.1 Å². The number of anilines is 1. The van der Waals surface area contributed by atoms with Gasteiger partial charge in [0.25, 0.3) is 0 Å². The van der Waals surface area contributed by atoms with Crippen LogP contribution in [-0.4, -0.2) is 31.9 Å². The van der Waals surface area contributed by atoms with Crippen LogP contribution in [0.2, 0.25) is 0 Å². The van der Waals surface area contributed by atoms with Crippen molar-refractivity contribution < 1.29 is 4.79 Å². The van der Waals surface area contributed by atoms with Crippen molar-refractivity contribution in [2.45, 2.75) is 64.1 Å². The van der Waals surface area contributed by atoms with Gasteiger partial charge in [0.05, 0.1) is 17.4 Å². The number of carbonyl (C=O) groups is 1. The molecule has 0 radical (unpaired) electrons. The molecule has 0 unspecified atom stereocenters. The molecule has 2 aliphatic carbocycles. The van der Waals surface area contributed by atoms with Gasteiger partial charge < -0.3 is 5.32 Å². The van der Waals surface area contributed by atoms with E-state index in [1.54, 1.807) is 16.0 Å². The molecule has 9 heteroatoms. The van der Waals surface area contributed by atoms with Gasteiger partial charge in [-0.3, -0.25) is 4.79 Å². The molecule has 0 saturated heterocycles. The van der Waals surface area contributed by atoms with E-state index in [-0.39, 0.29) is 17.1 Å². The second kappa shape index (κ2) is 7.48. The Kier molecular flexibility index (Phi) is 5.19. The van der Waals surface area contributed by atoms with Gasteiger partial charge in [0, 0.05) is 4.88 Å². The van der Waals surface area contributed by atoms with Crippen molar-refractivity contribution in [3.63, 3.8) is 0 Å². The van der Waals surface area contributed by atoms with E-state index in [4.69, 9.17) is 0 Å². The molecule has 1 amide bonds. The predicted octanol–water partition coefficient (Wildman–Crippen LogP) is 3.82. The Morgan fingerprint density at radius 1 is 1.39 bits per heavy atom. The quantitative estimate of drug-likeness (QED) is 0.744. The van der Waals surface area contributed by atoms with Crippen LogP contribution in [0.25, 0.3) is 0 Å². The Labute approximate surface area is 172 Å². The van der Waals surface area contributed by atoms with Gasteiger partial charge in [0.15, 0.2) is 0 Å². The van der Waals surface area contributed by atoms with E-state index in [0.29, 0.717) is 27.7 Å². The summed E-state index contributed by atoms with van der Waals surface area (Å²) in [5.41, 5.74) is 2.03. The molecule has 4 rings (SSSR count). The van der Waals surface area contributed by atoms with Crippen molar-refractivity contribution in [2.24, 2.45) is 11.3 Å². The predicted molar refractivity (Wildman–Crippen MR) is 109 cm³/mol. The van der Waals surface area contributed by atoms with Gasteiger partial charge in [-0.1, -0.05) is 32.5 Å². The first-order chi connectivity index (χ1) is 13.4. The largest absolute Gasteiger partial charge is 0.316 e. The number of nitriles is 1. The van der Waals surface area contributed by atoms with Crippen molar-refractivity contribution in [3.8, 4) is 6.07 Å². The lowest BCUT2D eigenvalue weighted by Gasteiger charge is -2.33. The molecule has 0 bridgehead atoms. The van der Waals surface area contributed by atoms with Crippen LogP contribution in [0.15, 0.2) is 5.16 Å². The number of tetrazole rings is 1. The number of rotatable bonds is 5. The fraction of sp³-hybridized carbons (Fsp3) is 0.632. The summed E-state index contributed by atoms with van der Waals surface area (Å²) in [7, 11) is 0. The van der Waals surface area contributed by atoms with Crippen LogP contribution >= 0.6 is 23.1 Å². The van der Waals surface area contributed by atoms with Gasteiger partial charge in [0.2, 0.25) is 11.1 Å². The Bertz CT molecular complexity index is 931. The molecular formula is C19H24N6OS2. The van der Waals surface area contributed by atoms with Crippen molar-refractivity contribution in [2.75, 3.05) is 11.1 Å². The molecule has 2 aliphatic rings. The molecule has 0 aromatic carbocycles. The molecule has 2 aromatic heterocycles. The highest BCUT2D eigenvalue weighted by Crippen LogP contribution is 2.44. The van der Waals surface area contributed by atoms with Crippen LogP contribution in [0.1, 0.15) is 62.1 Å². The van der Waals surface area contributed by atoms with Gasteiger partial charge in [-0.2, -0.15) is 5.26 Å². The number of fused-ring (bicyclic) bond motifs is 1. The number of hydrogen-bond acceptors (Lipinski definition) is 7. The van der Waals surface area contributed by atoms with E-state index in [1.165, 1.54) is 16.6 Å². The summed E-state index contributed by atoms with van der Waals surface area (Å²) in [4.78, 5) is 13.7. The Morgan fingerprint density at radius 3 is 2.86 bits per heavy atom. The van der Waals surface area contributed by atoms with Crippen LogP contribution in [-0.2, 0) is 17.6 Å². The van der Waals surface area contributed by atoms with Crippen LogP contribution in [0.3, 0.4) is 0 Å². The summed E-state index contributed by atoms with van der Waals surface area (Å²) in [6.07, 6.45) is 5.17. The molecule has 2 heterocycles. The number of nitrogens with one attached hydrogen (secondary N) is 1. The van der Waals surface area contributed by atoms with Crippen LogP contribution in [0.4, 0.5) is 5.00 Å². The molecule has 148 valence electrons. The molecule has 1 atom stereocenters. The molecule has 28 heavy (non-hydrogen) atoms. The fourth-order valence-corrected chi connectivity index (χ4v) is 5.69. The minimum absolute atomic E-state index is 0.127. The van der Waals surface area contributed by atoms with Crippen LogP contribution in [0, 0.1) is 22.7 Å². The molecule has 0 spiro atoms. The third-order valence-corrected chi connectivity index (χ3v) is 7.65. The lowest BCUT2D eigenvalue weighted by atomic mass is 9.72. The monoisotopic (exact) mass is 416 g/mol. The Balaban J connectivity index is 1.43. The summed E-state index contributed by atoms with van der Waals surface area (Å²) in [5.74, 6) is 0.703. The van der Waals surface area contributed by atoms with E-state index >= 15 is 0 Å². The summed E-state index contributed by atoms with van der Waals surface area (Å²) in [6.45, 7) is 6.82. The molecule has 1 saturated carbocycles. The highest BCUT2D eigenvalue weighted by atomic mass is 32.2. The first-order valence-electron chi connectivity index (χ1n) is 9.62. The van der Waals surface area contributed by atoms with Crippen molar-refractivity contribution in [1.82, 2.24) is 20.2 Å². The number of aromatic nitrogens is 4. The molecule has 0 aliphatic heterocycles. The lowest BCUT2D eigenvalue weighted by Crippen LogP contribution is -2.26. The number of thioether (sulfide) groups is 1. The van der Waals surface area contributed by atoms with E-state index in [9.17, 15) is 10.1 Å². The zero-order valence-electron chi connectivity index (χ0n) is 16.4. The highest BCUT2D eigenvalue weighted by molar-refractivity contribution is 7.99. The van der Waals surface area contributed by atoms with Crippen molar-refractivity contribution in [1.29, 1.82) is 5.26 Å². The average molecular weight is 417 g/mol. The first kappa shape index (κ1) is 19.4. The van der Waals surface area contributed by atoms with Crippen LogP contribution in [0.5, 0.6) is 0 Å². The smallest absolute Gasteiger partial charge is 0.235 e. The number of thiophene rings is 1. The van der Waals surface area contributed by atoms with Crippen molar-refractivity contribution in [3.05, 3.63) is 16.0 Å². The highest BCUT2D eigenvalue weighted by Gasteiger charge is 2.32. The molecule has 7 nitrogen and oxygen atoms in total. The molecule has 1 N–H and O–H groups in total. The average Bonchev–Trinajstić information content (AvgIpc) is 3.27. The second-order valence-corrected chi connectivity index (χ2v) is 10.6. The van der Waals surface area contributed by atoms with Gasteiger partial charge in [-0.15, -0.1) is 16.4 Å².